The molecule has 0 spiro atoms. The summed E-state index contributed by atoms with van der Waals surface area (Å²) >= 11 is 0. The highest BCUT2D eigenvalue weighted by Crippen LogP contribution is 2.36. The Hall–Kier alpha value is -1.75. The van der Waals surface area contributed by atoms with E-state index >= 15 is 0 Å². The summed E-state index contributed by atoms with van der Waals surface area (Å²) in [6.07, 6.45) is 0.861. The van der Waals surface area contributed by atoms with Crippen molar-refractivity contribution >= 4 is 0 Å². The van der Waals surface area contributed by atoms with Gasteiger partial charge in [0.15, 0.2) is 0 Å². The lowest BCUT2D eigenvalue weighted by Gasteiger charge is -2.31. The minimum atomic E-state index is -4.31. The van der Waals surface area contributed by atoms with Crippen LogP contribution in [0, 0.1) is 0 Å². The predicted molar refractivity (Wildman–Crippen MR) is 88.8 cm³/mol. The van der Waals surface area contributed by atoms with Crippen LogP contribution in [0.5, 0.6) is 0 Å². The molecule has 1 aliphatic rings. The van der Waals surface area contributed by atoms with Crippen molar-refractivity contribution in [2.75, 3.05) is 13.1 Å². The van der Waals surface area contributed by atoms with Gasteiger partial charge >= 0.3 is 6.18 Å². The van der Waals surface area contributed by atoms with E-state index in [9.17, 15) is 13.2 Å². The molecule has 2 nitrogen and oxygen atoms in total. The van der Waals surface area contributed by atoms with Crippen LogP contribution in [0.1, 0.15) is 49.0 Å². The normalized spacial score (nSPS) is 19.1. The zero-order valence-corrected chi connectivity index (χ0v) is 13.9. The first kappa shape index (κ1) is 17.1. The SMILES string of the molecule is CCCCN1CCCn2cccc2[C@H]1c1cccc(C(F)(F)F)c1. The van der Waals surface area contributed by atoms with Crippen molar-refractivity contribution in [1.29, 1.82) is 0 Å². The van der Waals surface area contributed by atoms with Gasteiger partial charge in [0.25, 0.3) is 0 Å². The molecule has 1 aliphatic heterocycles. The van der Waals surface area contributed by atoms with Gasteiger partial charge in [0.2, 0.25) is 0 Å². The van der Waals surface area contributed by atoms with E-state index in [0.717, 1.165) is 56.2 Å². The van der Waals surface area contributed by atoms with Crippen LogP contribution in [0.15, 0.2) is 42.6 Å². The number of hydrogen-bond acceptors (Lipinski definition) is 1. The van der Waals surface area contributed by atoms with Gasteiger partial charge in [-0.05, 0) is 49.2 Å². The van der Waals surface area contributed by atoms with Crippen LogP contribution in [-0.4, -0.2) is 22.6 Å². The van der Waals surface area contributed by atoms with Gasteiger partial charge in [0, 0.05) is 25.0 Å². The van der Waals surface area contributed by atoms with Crippen LogP contribution >= 0.6 is 0 Å². The summed E-state index contributed by atoms with van der Waals surface area (Å²) in [4.78, 5) is 2.33. The smallest absolute Gasteiger partial charge is 0.350 e. The van der Waals surface area contributed by atoms with Crippen LogP contribution in [0.25, 0.3) is 0 Å². The van der Waals surface area contributed by atoms with E-state index in [1.54, 1.807) is 0 Å². The molecule has 0 saturated carbocycles. The van der Waals surface area contributed by atoms with Gasteiger partial charge < -0.3 is 4.57 Å². The molecule has 0 radical (unpaired) electrons. The monoisotopic (exact) mass is 336 g/mol. The molecular formula is C19H23F3N2. The van der Waals surface area contributed by atoms with Crippen molar-refractivity contribution in [3.8, 4) is 0 Å². The van der Waals surface area contributed by atoms with Crippen molar-refractivity contribution in [1.82, 2.24) is 9.47 Å². The molecule has 0 unspecified atom stereocenters. The maximum absolute atomic E-state index is 13.1. The molecule has 3 rings (SSSR count). The van der Waals surface area contributed by atoms with Crippen molar-refractivity contribution < 1.29 is 13.2 Å². The van der Waals surface area contributed by atoms with Crippen LogP contribution in [0.2, 0.25) is 0 Å². The Morgan fingerprint density at radius 1 is 1.12 bits per heavy atom. The first-order chi connectivity index (χ1) is 11.5. The highest BCUT2D eigenvalue weighted by Gasteiger charge is 2.33. The molecular weight excluding hydrogens is 313 g/mol. The zero-order chi connectivity index (χ0) is 17.2. The van der Waals surface area contributed by atoms with E-state index in [2.05, 4.69) is 16.4 Å². The highest BCUT2D eigenvalue weighted by atomic mass is 19.4. The molecule has 0 fully saturated rings. The minimum absolute atomic E-state index is 0.114. The summed E-state index contributed by atoms with van der Waals surface area (Å²) in [7, 11) is 0. The Kier molecular flexibility index (Phi) is 4.99. The zero-order valence-electron chi connectivity index (χ0n) is 13.9. The second-order valence-electron chi connectivity index (χ2n) is 6.40. The first-order valence-electron chi connectivity index (χ1n) is 8.57. The Morgan fingerprint density at radius 3 is 2.71 bits per heavy atom. The van der Waals surface area contributed by atoms with Crippen LogP contribution in [-0.2, 0) is 12.7 Å². The Balaban J connectivity index is 2.03. The molecule has 0 saturated heterocycles. The van der Waals surface area contributed by atoms with Crippen LogP contribution < -0.4 is 0 Å². The van der Waals surface area contributed by atoms with Gasteiger partial charge in [-0.25, -0.2) is 0 Å². The van der Waals surface area contributed by atoms with Gasteiger partial charge in [-0.2, -0.15) is 13.2 Å². The fourth-order valence-electron chi connectivity index (χ4n) is 3.51. The van der Waals surface area contributed by atoms with Gasteiger partial charge in [-0.15, -0.1) is 0 Å². The number of hydrogen-bond donors (Lipinski definition) is 0. The van der Waals surface area contributed by atoms with E-state index in [4.69, 9.17) is 0 Å². The number of rotatable bonds is 4. The molecule has 0 amide bonds. The maximum atomic E-state index is 13.1. The number of nitrogens with zero attached hydrogens (tertiary/aromatic N) is 2. The number of fused-ring (bicyclic) bond motifs is 1. The fraction of sp³-hybridized carbons (Fsp3) is 0.474. The lowest BCUT2D eigenvalue weighted by molar-refractivity contribution is -0.137. The minimum Gasteiger partial charge on any atom is -0.350 e. The van der Waals surface area contributed by atoms with E-state index in [0.29, 0.717) is 0 Å². The molecule has 0 N–H and O–H groups in total. The van der Waals surface area contributed by atoms with Gasteiger partial charge in [0.05, 0.1) is 11.6 Å². The summed E-state index contributed by atoms with van der Waals surface area (Å²) in [6, 6.07) is 9.71. The Morgan fingerprint density at radius 2 is 1.96 bits per heavy atom. The maximum Gasteiger partial charge on any atom is 0.416 e. The summed E-state index contributed by atoms with van der Waals surface area (Å²) < 4.78 is 41.6. The number of halogens is 3. The van der Waals surface area contributed by atoms with Crippen molar-refractivity contribution in [2.45, 2.75) is 44.9 Å². The summed E-state index contributed by atoms with van der Waals surface area (Å²) in [6.45, 7) is 4.87. The quantitative estimate of drug-likeness (QED) is 0.754. The average molecular weight is 336 g/mol. The van der Waals surface area contributed by atoms with Crippen LogP contribution in [0.4, 0.5) is 13.2 Å². The number of aryl methyl sites for hydroxylation is 1. The van der Waals surface area contributed by atoms with Gasteiger partial charge in [-0.1, -0.05) is 25.5 Å². The lowest BCUT2D eigenvalue weighted by Crippen LogP contribution is -2.31. The molecule has 2 aromatic rings. The average Bonchev–Trinajstić information content (AvgIpc) is 2.93. The second kappa shape index (κ2) is 7.01. The van der Waals surface area contributed by atoms with Gasteiger partial charge in [0.1, 0.15) is 0 Å². The number of alkyl halides is 3. The molecule has 1 aromatic heterocycles. The van der Waals surface area contributed by atoms with E-state index in [1.165, 1.54) is 12.1 Å². The van der Waals surface area contributed by atoms with Crippen LogP contribution in [0.3, 0.4) is 0 Å². The van der Waals surface area contributed by atoms with E-state index in [-0.39, 0.29) is 6.04 Å². The molecule has 130 valence electrons. The fourth-order valence-corrected chi connectivity index (χ4v) is 3.51. The third-order valence-electron chi connectivity index (χ3n) is 4.68. The molecule has 2 heterocycles. The molecule has 0 aliphatic carbocycles. The second-order valence-corrected chi connectivity index (χ2v) is 6.40. The number of benzene rings is 1. The summed E-state index contributed by atoms with van der Waals surface area (Å²) in [5, 5.41) is 0. The van der Waals surface area contributed by atoms with Crippen molar-refractivity contribution in [3.05, 3.63) is 59.4 Å². The standard InChI is InChI=1S/C19H23F3N2/c1-2-3-10-24-13-6-12-23-11-5-9-17(23)18(24)15-7-4-8-16(14-15)19(20,21)22/h4-5,7-9,11,14,18H,2-3,6,10,12-13H2,1H3/t18-/m1/s1. The Labute approximate surface area is 140 Å². The Bertz CT molecular complexity index is 675. The topological polar surface area (TPSA) is 8.17 Å². The molecule has 1 atom stereocenters. The molecule has 0 bridgehead atoms. The lowest BCUT2D eigenvalue weighted by atomic mass is 9.99. The van der Waals surface area contributed by atoms with Crippen molar-refractivity contribution in [2.24, 2.45) is 0 Å². The van der Waals surface area contributed by atoms with Gasteiger partial charge in [-0.3, -0.25) is 4.90 Å². The molecule has 1 aromatic carbocycles. The molecule has 24 heavy (non-hydrogen) atoms. The molecule has 5 heteroatoms. The number of aromatic nitrogens is 1. The summed E-state index contributed by atoms with van der Waals surface area (Å²) in [5.74, 6) is 0. The van der Waals surface area contributed by atoms with Crippen molar-refractivity contribution in [3.63, 3.8) is 0 Å². The summed E-state index contributed by atoms with van der Waals surface area (Å²) in [5.41, 5.74) is 1.24. The number of unbranched alkanes of at least 4 members (excludes halogenated alkanes) is 1. The third-order valence-corrected chi connectivity index (χ3v) is 4.68. The van der Waals surface area contributed by atoms with E-state index < -0.39 is 11.7 Å². The predicted octanol–water partition coefficient (Wildman–Crippen LogP) is 5.10. The highest BCUT2D eigenvalue weighted by molar-refractivity contribution is 5.34. The largest absolute Gasteiger partial charge is 0.416 e. The third kappa shape index (κ3) is 3.51. The van der Waals surface area contributed by atoms with E-state index in [1.807, 2.05) is 24.4 Å². The first-order valence-corrected chi connectivity index (χ1v) is 8.57.